The number of rotatable bonds is 3. The van der Waals surface area contributed by atoms with Gasteiger partial charge >= 0.3 is 0 Å². The number of nitrogens with zero attached hydrogens (tertiary/aromatic N) is 1. The molecule has 4 heteroatoms. The first kappa shape index (κ1) is 12.9. The summed E-state index contributed by atoms with van der Waals surface area (Å²) in [4.78, 5) is 14.3. The molecule has 1 saturated heterocycles. The van der Waals surface area contributed by atoms with E-state index in [1.54, 1.807) is 0 Å². The van der Waals surface area contributed by atoms with Gasteiger partial charge in [0.1, 0.15) is 5.75 Å². The first-order valence-electron chi connectivity index (χ1n) is 6.47. The Hall–Kier alpha value is -1.55. The topological polar surface area (TPSA) is 41.6 Å². The summed E-state index contributed by atoms with van der Waals surface area (Å²) in [5.41, 5.74) is 0.729. The highest BCUT2D eigenvalue weighted by atomic mass is 16.5. The summed E-state index contributed by atoms with van der Waals surface area (Å²) in [6.45, 7) is 7.16. The first-order valence-corrected chi connectivity index (χ1v) is 6.47. The van der Waals surface area contributed by atoms with E-state index < -0.39 is 0 Å². The van der Waals surface area contributed by atoms with Crippen LogP contribution in [0.4, 0.5) is 0 Å². The standard InChI is InChI=1S/C14H20N2O2/c1-3-18-13-6-4-12(5-7-13)14(17)16-9-8-15-10-11(16)2/h4-7,11,15H,3,8-10H2,1-2H3/t11-/m0/s1. The summed E-state index contributed by atoms with van der Waals surface area (Å²) in [6, 6.07) is 7.62. The number of ether oxygens (including phenoxy) is 1. The Bertz CT molecular complexity index is 403. The largest absolute Gasteiger partial charge is 0.494 e. The van der Waals surface area contributed by atoms with Gasteiger partial charge < -0.3 is 15.0 Å². The van der Waals surface area contributed by atoms with Crippen molar-refractivity contribution in [2.24, 2.45) is 0 Å². The molecule has 18 heavy (non-hydrogen) atoms. The molecule has 4 nitrogen and oxygen atoms in total. The maximum atomic E-state index is 12.3. The van der Waals surface area contributed by atoms with Crippen molar-refractivity contribution >= 4 is 5.91 Å². The van der Waals surface area contributed by atoms with Gasteiger partial charge in [-0.3, -0.25) is 4.79 Å². The lowest BCUT2D eigenvalue weighted by Gasteiger charge is -2.34. The number of benzene rings is 1. The molecular weight excluding hydrogens is 228 g/mol. The Labute approximate surface area is 108 Å². The molecule has 1 aromatic rings. The highest BCUT2D eigenvalue weighted by Crippen LogP contribution is 2.15. The van der Waals surface area contributed by atoms with Gasteiger partial charge in [-0.15, -0.1) is 0 Å². The van der Waals surface area contributed by atoms with E-state index >= 15 is 0 Å². The maximum absolute atomic E-state index is 12.3. The van der Waals surface area contributed by atoms with Gasteiger partial charge in [-0.25, -0.2) is 0 Å². The summed E-state index contributed by atoms with van der Waals surface area (Å²) in [5.74, 6) is 0.912. The molecule has 0 radical (unpaired) electrons. The van der Waals surface area contributed by atoms with Crippen LogP contribution >= 0.6 is 0 Å². The van der Waals surface area contributed by atoms with Gasteiger partial charge in [0.2, 0.25) is 0 Å². The predicted octanol–water partition coefficient (Wildman–Crippen LogP) is 1.52. The normalized spacial score (nSPS) is 19.7. The van der Waals surface area contributed by atoms with E-state index in [-0.39, 0.29) is 11.9 Å². The Kier molecular flexibility index (Phi) is 4.20. The molecule has 1 fully saturated rings. The van der Waals surface area contributed by atoms with Crippen molar-refractivity contribution in [3.8, 4) is 5.75 Å². The Balaban J connectivity index is 2.08. The fourth-order valence-corrected chi connectivity index (χ4v) is 2.17. The molecule has 1 atom stereocenters. The Morgan fingerprint density at radius 2 is 2.17 bits per heavy atom. The van der Waals surface area contributed by atoms with Crippen molar-refractivity contribution < 1.29 is 9.53 Å². The lowest BCUT2D eigenvalue weighted by molar-refractivity contribution is 0.0656. The summed E-state index contributed by atoms with van der Waals surface area (Å²) in [6.07, 6.45) is 0. The molecule has 0 bridgehead atoms. The minimum absolute atomic E-state index is 0.104. The minimum atomic E-state index is 0.104. The molecular formula is C14H20N2O2. The Morgan fingerprint density at radius 3 is 2.78 bits per heavy atom. The van der Waals surface area contributed by atoms with Gasteiger partial charge in [0, 0.05) is 31.2 Å². The van der Waals surface area contributed by atoms with E-state index in [1.807, 2.05) is 36.1 Å². The molecule has 0 unspecified atom stereocenters. The van der Waals surface area contributed by atoms with Crippen LogP contribution in [0.1, 0.15) is 24.2 Å². The molecule has 0 aliphatic carbocycles. The zero-order chi connectivity index (χ0) is 13.0. The highest BCUT2D eigenvalue weighted by Gasteiger charge is 2.23. The fourth-order valence-electron chi connectivity index (χ4n) is 2.17. The van der Waals surface area contributed by atoms with Crippen LogP contribution in [0, 0.1) is 0 Å². The molecule has 1 N–H and O–H groups in total. The van der Waals surface area contributed by atoms with Gasteiger partial charge in [-0.1, -0.05) is 0 Å². The second-order valence-corrected chi connectivity index (χ2v) is 4.51. The number of carbonyl (C=O) groups is 1. The highest BCUT2D eigenvalue weighted by molar-refractivity contribution is 5.94. The van der Waals surface area contributed by atoms with Crippen molar-refractivity contribution in [2.45, 2.75) is 19.9 Å². The van der Waals surface area contributed by atoms with Crippen molar-refractivity contribution in [3.05, 3.63) is 29.8 Å². The van der Waals surface area contributed by atoms with Crippen LogP contribution in [0.3, 0.4) is 0 Å². The third-order valence-corrected chi connectivity index (χ3v) is 3.17. The third-order valence-electron chi connectivity index (χ3n) is 3.17. The van der Waals surface area contributed by atoms with Gasteiger partial charge in [0.05, 0.1) is 6.61 Å². The molecule has 0 spiro atoms. The van der Waals surface area contributed by atoms with Crippen LogP contribution in [0.25, 0.3) is 0 Å². The van der Waals surface area contributed by atoms with E-state index in [9.17, 15) is 4.79 Å². The first-order chi connectivity index (χ1) is 8.72. The summed E-state index contributed by atoms with van der Waals surface area (Å²) < 4.78 is 5.37. The van der Waals surface area contributed by atoms with Crippen molar-refractivity contribution in [3.63, 3.8) is 0 Å². The Morgan fingerprint density at radius 1 is 1.44 bits per heavy atom. The number of carbonyl (C=O) groups excluding carboxylic acids is 1. The average Bonchev–Trinajstić information content (AvgIpc) is 2.40. The predicted molar refractivity (Wildman–Crippen MR) is 71.0 cm³/mol. The number of hydrogen-bond donors (Lipinski definition) is 1. The number of nitrogens with one attached hydrogen (secondary N) is 1. The van der Waals surface area contributed by atoms with Crippen LogP contribution < -0.4 is 10.1 Å². The van der Waals surface area contributed by atoms with Gasteiger partial charge in [0.15, 0.2) is 0 Å². The van der Waals surface area contributed by atoms with Crippen LogP contribution in [0.5, 0.6) is 5.75 Å². The molecule has 0 aromatic heterocycles. The van der Waals surface area contributed by atoms with Gasteiger partial charge in [0.25, 0.3) is 5.91 Å². The zero-order valence-corrected chi connectivity index (χ0v) is 11.0. The molecule has 1 amide bonds. The van der Waals surface area contributed by atoms with Gasteiger partial charge in [-0.05, 0) is 38.1 Å². The van der Waals surface area contributed by atoms with Crippen LogP contribution in [-0.2, 0) is 0 Å². The maximum Gasteiger partial charge on any atom is 0.254 e. The molecule has 98 valence electrons. The second kappa shape index (κ2) is 5.87. The summed E-state index contributed by atoms with van der Waals surface area (Å²) >= 11 is 0. The molecule has 1 aliphatic rings. The fraction of sp³-hybridized carbons (Fsp3) is 0.500. The van der Waals surface area contributed by atoms with Crippen LogP contribution in [0.15, 0.2) is 24.3 Å². The summed E-state index contributed by atoms with van der Waals surface area (Å²) in [7, 11) is 0. The summed E-state index contributed by atoms with van der Waals surface area (Å²) in [5, 5.41) is 3.28. The van der Waals surface area contributed by atoms with E-state index in [0.29, 0.717) is 6.61 Å². The van der Waals surface area contributed by atoms with Crippen LogP contribution in [-0.4, -0.2) is 43.1 Å². The van der Waals surface area contributed by atoms with E-state index in [4.69, 9.17) is 4.74 Å². The van der Waals surface area contributed by atoms with Crippen molar-refractivity contribution in [1.82, 2.24) is 10.2 Å². The van der Waals surface area contributed by atoms with E-state index in [1.165, 1.54) is 0 Å². The molecule has 1 heterocycles. The number of hydrogen-bond acceptors (Lipinski definition) is 3. The van der Waals surface area contributed by atoms with Gasteiger partial charge in [-0.2, -0.15) is 0 Å². The smallest absolute Gasteiger partial charge is 0.254 e. The molecule has 0 saturated carbocycles. The minimum Gasteiger partial charge on any atom is -0.494 e. The molecule has 1 aliphatic heterocycles. The van der Waals surface area contributed by atoms with Crippen molar-refractivity contribution in [1.29, 1.82) is 0 Å². The third kappa shape index (κ3) is 2.82. The van der Waals surface area contributed by atoms with E-state index in [2.05, 4.69) is 12.2 Å². The SMILES string of the molecule is CCOc1ccc(C(=O)N2CCNC[C@@H]2C)cc1. The zero-order valence-electron chi connectivity index (χ0n) is 11.0. The van der Waals surface area contributed by atoms with E-state index in [0.717, 1.165) is 30.9 Å². The number of piperazine rings is 1. The number of amides is 1. The van der Waals surface area contributed by atoms with Crippen LogP contribution in [0.2, 0.25) is 0 Å². The molecule has 1 aromatic carbocycles. The quantitative estimate of drug-likeness (QED) is 0.881. The second-order valence-electron chi connectivity index (χ2n) is 4.51. The van der Waals surface area contributed by atoms with Crippen molar-refractivity contribution in [2.75, 3.05) is 26.2 Å². The average molecular weight is 248 g/mol. The molecule has 2 rings (SSSR count). The lowest BCUT2D eigenvalue weighted by atomic mass is 10.1. The monoisotopic (exact) mass is 248 g/mol. The lowest BCUT2D eigenvalue weighted by Crippen LogP contribution is -2.52.